The lowest BCUT2D eigenvalue weighted by atomic mass is 10.1. The Morgan fingerprint density at radius 2 is 2.00 bits per heavy atom. The minimum Gasteiger partial charge on any atom is -0.452 e. The van der Waals surface area contributed by atoms with E-state index in [2.05, 4.69) is 53.3 Å². The predicted molar refractivity (Wildman–Crippen MR) is 74.3 cm³/mol. The molecule has 0 amide bonds. The van der Waals surface area contributed by atoms with Crippen molar-refractivity contribution < 1.29 is 4.42 Å². The highest BCUT2D eigenvalue weighted by atomic mass is 79.9. The molecule has 2 nitrogen and oxygen atoms in total. The Bertz CT molecular complexity index is 492. The zero-order valence-corrected chi connectivity index (χ0v) is 11.6. The van der Waals surface area contributed by atoms with E-state index in [1.165, 1.54) is 11.3 Å². The van der Waals surface area contributed by atoms with Gasteiger partial charge in [0.15, 0.2) is 4.67 Å². The number of nitrogens with one attached hydrogen (secondary N) is 1. The summed E-state index contributed by atoms with van der Waals surface area (Å²) in [6, 6.07) is 12.4. The van der Waals surface area contributed by atoms with Crippen molar-refractivity contribution in [3.05, 3.63) is 52.4 Å². The summed E-state index contributed by atoms with van der Waals surface area (Å²) in [5.74, 6) is 0.933. The van der Waals surface area contributed by atoms with Crippen molar-refractivity contribution in [2.45, 2.75) is 26.3 Å². The fraction of sp³-hybridized carbons (Fsp3) is 0.286. The van der Waals surface area contributed by atoms with Gasteiger partial charge in [-0.1, -0.05) is 25.1 Å². The van der Waals surface area contributed by atoms with Crippen LogP contribution in [-0.2, 0) is 6.42 Å². The number of hydrogen-bond donors (Lipinski definition) is 1. The highest BCUT2D eigenvalue weighted by Crippen LogP contribution is 2.25. The molecule has 0 spiro atoms. The third kappa shape index (κ3) is 2.91. The molecule has 1 unspecified atom stereocenters. The zero-order valence-electron chi connectivity index (χ0n) is 10.0. The van der Waals surface area contributed by atoms with E-state index in [9.17, 15) is 0 Å². The standard InChI is InChI=1S/C14H16BrNO/c1-3-11-6-4-5-7-12(11)16-10(2)13-8-9-14(15)17-13/h4-10,16H,3H2,1-2H3. The molecule has 0 fully saturated rings. The minimum atomic E-state index is 0.161. The summed E-state index contributed by atoms with van der Waals surface area (Å²) in [5, 5.41) is 3.48. The van der Waals surface area contributed by atoms with E-state index in [4.69, 9.17) is 4.42 Å². The molecule has 2 rings (SSSR count). The van der Waals surface area contributed by atoms with Crippen LogP contribution in [0.25, 0.3) is 0 Å². The van der Waals surface area contributed by atoms with Crippen LogP contribution in [0.5, 0.6) is 0 Å². The summed E-state index contributed by atoms with van der Waals surface area (Å²) in [7, 11) is 0. The summed E-state index contributed by atoms with van der Waals surface area (Å²) in [5.41, 5.74) is 2.50. The third-order valence-corrected chi connectivity index (χ3v) is 3.22. The van der Waals surface area contributed by atoms with Gasteiger partial charge in [0.1, 0.15) is 5.76 Å². The first kappa shape index (κ1) is 12.2. The van der Waals surface area contributed by atoms with Gasteiger partial charge < -0.3 is 9.73 Å². The molecule has 0 bridgehead atoms. The van der Waals surface area contributed by atoms with Gasteiger partial charge in [-0.2, -0.15) is 0 Å². The lowest BCUT2D eigenvalue weighted by Crippen LogP contribution is -2.07. The van der Waals surface area contributed by atoms with Crippen LogP contribution in [-0.4, -0.2) is 0 Å². The number of anilines is 1. The molecule has 0 saturated heterocycles. The van der Waals surface area contributed by atoms with Gasteiger partial charge in [0.05, 0.1) is 6.04 Å². The Hall–Kier alpha value is -1.22. The molecule has 0 saturated carbocycles. The number of rotatable bonds is 4. The summed E-state index contributed by atoms with van der Waals surface area (Å²) >= 11 is 3.32. The molecular formula is C14H16BrNO. The first-order valence-electron chi connectivity index (χ1n) is 5.80. The minimum absolute atomic E-state index is 0.161. The first-order chi connectivity index (χ1) is 8.20. The van der Waals surface area contributed by atoms with E-state index in [0.29, 0.717) is 0 Å². The molecule has 1 atom stereocenters. The van der Waals surface area contributed by atoms with E-state index >= 15 is 0 Å². The van der Waals surface area contributed by atoms with Crippen molar-refractivity contribution in [3.63, 3.8) is 0 Å². The topological polar surface area (TPSA) is 25.2 Å². The molecule has 0 aliphatic carbocycles. The monoisotopic (exact) mass is 293 g/mol. The smallest absolute Gasteiger partial charge is 0.169 e. The maximum absolute atomic E-state index is 5.55. The highest BCUT2D eigenvalue weighted by molar-refractivity contribution is 9.10. The molecule has 1 N–H and O–H groups in total. The Morgan fingerprint density at radius 1 is 1.24 bits per heavy atom. The lowest BCUT2D eigenvalue weighted by Gasteiger charge is -2.15. The predicted octanol–water partition coefficient (Wildman–Crippen LogP) is 4.78. The Morgan fingerprint density at radius 3 is 2.65 bits per heavy atom. The third-order valence-electron chi connectivity index (χ3n) is 2.79. The van der Waals surface area contributed by atoms with E-state index in [0.717, 1.165) is 16.9 Å². The normalized spacial score (nSPS) is 12.4. The number of aryl methyl sites for hydroxylation is 1. The average Bonchev–Trinajstić information content (AvgIpc) is 2.77. The zero-order chi connectivity index (χ0) is 12.3. The van der Waals surface area contributed by atoms with Gasteiger partial charge in [0.2, 0.25) is 0 Å². The second-order valence-electron chi connectivity index (χ2n) is 4.02. The van der Waals surface area contributed by atoms with Crippen LogP contribution in [0, 0.1) is 0 Å². The van der Waals surface area contributed by atoms with E-state index in [1.807, 2.05) is 18.2 Å². The van der Waals surface area contributed by atoms with Crippen molar-refractivity contribution in [1.82, 2.24) is 0 Å². The van der Waals surface area contributed by atoms with E-state index < -0.39 is 0 Å². The number of furan rings is 1. The van der Waals surface area contributed by atoms with Crippen molar-refractivity contribution in [2.24, 2.45) is 0 Å². The summed E-state index contributed by atoms with van der Waals surface area (Å²) < 4.78 is 6.31. The first-order valence-corrected chi connectivity index (χ1v) is 6.59. The fourth-order valence-electron chi connectivity index (χ4n) is 1.83. The number of hydrogen-bond acceptors (Lipinski definition) is 2. The van der Waals surface area contributed by atoms with Crippen LogP contribution in [0.15, 0.2) is 45.5 Å². The van der Waals surface area contributed by atoms with Crippen LogP contribution >= 0.6 is 15.9 Å². The van der Waals surface area contributed by atoms with Crippen LogP contribution in [0.3, 0.4) is 0 Å². The quantitative estimate of drug-likeness (QED) is 0.878. The maximum Gasteiger partial charge on any atom is 0.169 e. The van der Waals surface area contributed by atoms with Crippen LogP contribution in [0.1, 0.15) is 31.2 Å². The molecule has 90 valence electrons. The van der Waals surface area contributed by atoms with Crippen LogP contribution in [0.2, 0.25) is 0 Å². The average molecular weight is 294 g/mol. The molecular weight excluding hydrogens is 278 g/mol. The number of para-hydroxylation sites is 1. The summed E-state index contributed by atoms with van der Waals surface area (Å²) in [4.78, 5) is 0. The van der Waals surface area contributed by atoms with Crippen molar-refractivity contribution >= 4 is 21.6 Å². The van der Waals surface area contributed by atoms with Crippen molar-refractivity contribution in [3.8, 4) is 0 Å². The van der Waals surface area contributed by atoms with E-state index in [-0.39, 0.29) is 6.04 Å². The molecule has 2 aromatic rings. The second kappa shape index (κ2) is 5.41. The van der Waals surface area contributed by atoms with Gasteiger partial charge in [0.25, 0.3) is 0 Å². The SMILES string of the molecule is CCc1ccccc1NC(C)c1ccc(Br)o1. The number of halogens is 1. The second-order valence-corrected chi connectivity index (χ2v) is 4.80. The molecule has 0 aliphatic rings. The summed E-state index contributed by atoms with van der Waals surface area (Å²) in [6.45, 7) is 4.26. The molecule has 1 heterocycles. The molecule has 0 aliphatic heterocycles. The van der Waals surface area contributed by atoms with Crippen LogP contribution < -0.4 is 5.32 Å². The van der Waals surface area contributed by atoms with Gasteiger partial charge in [-0.15, -0.1) is 0 Å². The fourth-order valence-corrected chi connectivity index (χ4v) is 2.15. The Labute approximate surface area is 110 Å². The largest absolute Gasteiger partial charge is 0.452 e. The Kier molecular flexibility index (Phi) is 3.89. The lowest BCUT2D eigenvalue weighted by molar-refractivity contribution is 0.471. The highest BCUT2D eigenvalue weighted by Gasteiger charge is 2.10. The van der Waals surface area contributed by atoms with Gasteiger partial charge in [0, 0.05) is 5.69 Å². The Balaban J connectivity index is 2.15. The van der Waals surface area contributed by atoms with Gasteiger partial charge in [-0.25, -0.2) is 0 Å². The number of benzene rings is 1. The molecule has 1 aromatic heterocycles. The van der Waals surface area contributed by atoms with Crippen LogP contribution in [0.4, 0.5) is 5.69 Å². The molecule has 3 heteroatoms. The van der Waals surface area contributed by atoms with Gasteiger partial charge in [-0.3, -0.25) is 0 Å². The van der Waals surface area contributed by atoms with Crippen molar-refractivity contribution in [2.75, 3.05) is 5.32 Å². The maximum atomic E-state index is 5.55. The molecule has 17 heavy (non-hydrogen) atoms. The van der Waals surface area contributed by atoms with E-state index in [1.54, 1.807) is 0 Å². The van der Waals surface area contributed by atoms with Crippen molar-refractivity contribution in [1.29, 1.82) is 0 Å². The summed E-state index contributed by atoms with van der Waals surface area (Å²) in [6.07, 6.45) is 1.03. The van der Waals surface area contributed by atoms with Gasteiger partial charge in [-0.05, 0) is 53.0 Å². The molecule has 0 radical (unpaired) electrons. The van der Waals surface area contributed by atoms with Gasteiger partial charge >= 0.3 is 0 Å². The molecule has 1 aromatic carbocycles.